The molecule has 8 nitrogen and oxygen atoms in total. The fourth-order valence-electron chi connectivity index (χ4n) is 4.48. The second-order valence-electron chi connectivity index (χ2n) is 7.85. The fourth-order valence-corrected chi connectivity index (χ4v) is 4.48. The van der Waals surface area contributed by atoms with Gasteiger partial charge in [-0.05, 0) is 41.8 Å². The Hall–Kier alpha value is -2.19. The third-order valence-corrected chi connectivity index (χ3v) is 6.00. The molecule has 3 heterocycles. The van der Waals surface area contributed by atoms with E-state index in [-0.39, 0.29) is 12.1 Å². The molecule has 0 bridgehead atoms. The van der Waals surface area contributed by atoms with Crippen molar-refractivity contribution in [2.45, 2.75) is 51.3 Å². The lowest BCUT2D eigenvalue weighted by atomic mass is 10.1. The van der Waals surface area contributed by atoms with Gasteiger partial charge in [0.1, 0.15) is 5.75 Å². The van der Waals surface area contributed by atoms with Crippen LogP contribution in [0.25, 0.3) is 0 Å². The third kappa shape index (κ3) is 4.53. The van der Waals surface area contributed by atoms with Crippen LogP contribution >= 0.6 is 0 Å². The summed E-state index contributed by atoms with van der Waals surface area (Å²) in [5, 5.41) is 12.7. The number of benzene rings is 1. The van der Waals surface area contributed by atoms with Gasteiger partial charge in [0.15, 0.2) is 5.82 Å². The Balaban J connectivity index is 1.45. The van der Waals surface area contributed by atoms with Crippen LogP contribution in [-0.2, 0) is 11.3 Å². The van der Waals surface area contributed by atoms with Crippen molar-refractivity contribution in [1.82, 2.24) is 25.1 Å². The molecular weight excluding hydrogens is 368 g/mol. The van der Waals surface area contributed by atoms with Gasteiger partial charge in [0.25, 0.3) is 0 Å². The summed E-state index contributed by atoms with van der Waals surface area (Å²) in [5.74, 6) is 1.92. The van der Waals surface area contributed by atoms with E-state index in [1.807, 2.05) is 16.8 Å². The number of nitrogens with zero attached hydrogens (tertiary/aromatic N) is 6. The van der Waals surface area contributed by atoms with E-state index in [0.717, 1.165) is 76.6 Å². The first kappa shape index (κ1) is 20.1. The Morgan fingerprint density at radius 3 is 2.76 bits per heavy atom. The minimum Gasteiger partial charge on any atom is -0.495 e. The SMILES string of the molecule is CCCC(c1nnnn1CC1CCCO1)N1CCN(c2ccccc2OC)CC1. The monoisotopic (exact) mass is 400 g/mol. The highest BCUT2D eigenvalue weighted by Crippen LogP contribution is 2.31. The van der Waals surface area contributed by atoms with Crippen molar-refractivity contribution in [3.63, 3.8) is 0 Å². The lowest BCUT2D eigenvalue weighted by molar-refractivity contribution is 0.0891. The molecule has 0 saturated carbocycles. The zero-order valence-corrected chi connectivity index (χ0v) is 17.5. The van der Waals surface area contributed by atoms with Crippen LogP contribution in [0.1, 0.15) is 44.5 Å². The molecule has 0 amide bonds. The third-order valence-electron chi connectivity index (χ3n) is 6.00. The Bertz CT molecular complexity index is 768. The van der Waals surface area contributed by atoms with E-state index in [9.17, 15) is 0 Å². The minimum atomic E-state index is 0.238. The van der Waals surface area contributed by atoms with Crippen LogP contribution in [0.2, 0.25) is 0 Å². The number of hydrogen-bond donors (Lipinski definition) is 0. The van der Waals surface area contributed by atoms with Gasteiger partial charge in [-0.3, -0.25) is 4.90 Å². The van der Waals surface area contributed by atoms with Crippen molar-refractivity contribution >= 4 is 5.69 Å². The van der Waals surface area contributed by atoms with Gasteiger partial charge in [-0.25, -0.2) is 4.68 Å². The first-order chi connectivity index (χ1) is 14.3. The van der Waals surface area contributed by atoms with Gasteiger partial charge in [0.2, 0.25) is 0 Å². The summed E-state index contributed by atoms with van der Waals surface area (Å²) in [6.45, 7) is 7.73. The maximum atomic E-state index is 5.80. The number of ether oxygens (including phenoxy) is 2. The van der Waals surface area contributed by atoms with Crippen LogP contribution in [-0.4, -0.2) is 71.1 Å². The van der Waals surface area contributed by atoms with Crippen molar-refractivity contribution in [2.24, 2.45) is 0 Å². The van der Waals surface area contributed by atoms with Gasteiger partial charge >= 0.3 is 0 Å². The minimum absolute atomic E-state index is 0.238. The largest absolute Gasteiger partial charge is 0.495 e. The van der Waals surface area contributed by atoms with E-state index in [2.05, 4.69) is 44.4 Å². The Labute approximate surface area is 172 Å². The molecule has 2 saturated heterocycles. The maximum absolute atomic E-state index is 5.80. The number of anilines is 1. The number of tetrazole rings is 1. The van der Waals surface area contributed by atoms with E-state index in [0.29, 0.717) is 0 Å². The van der Waals surface area contributed by atoms with E-state index < -0.39 is 0 Å². The second-order valence-corrected chi connectivity index (χ2v) is 7.85. The van der Waals surface area contributed by atoms with E-state index in [4.69, 9.17) is 9.47 Å². The number of hydrogen-bond acceptors (Lipinski definition) is 7. The predicted molar refractivity (Wildman–Crippen MR) is 111 cm³/mol. The lowest BCUT2D eigenvalue weighted by Gasteiger charge is -2.40. The Morgan fingerprint density at radius 2 is 2.03 bits per heavy atom. The van der Waals surface area contributed by atoms with Crippen LogP contribution in [0.15, 0.2) is 24.3 Å². The summed E-state index contributed by atoms with van der Waals surface area (Å²) in [5.41, 5.74) is 1.17. The molecule has 2 aliphatic rings. The number of methoxy groups -OCH3 is 1. The molecule has 1 aromatic heterocycles. The average Bonchev–Trinajstić information content (AvgIpc) is 3.45. The van der Waals surface area contributed by atoms with Crippen LogP contribution < -0.4 is 9.64 Å². The number of piperazine rings is 1. The van der Waals surface area contributed by atoms with Gasteiger partial charge in [-0.1, -0.05) is 25.5 Å². The van der Waals surface area contributed by atoms with E-state index in [1.54, 1.807) is 7.11 Å². The first-order valence-electron chi connectivity index (χ1n) is 10.8. The highest BCUT2D eigenvalue weighted by atomic mass is 16.5. The zero-order chi connectivity index (χ0) is 20.1. The van der Waals surface area contributed by atoms with Crippen molar-refractivity contribution in [2.75, 3.05) is 44.8 Å². The standard InChI is InChI=1S/C21H32N6O2/c1-3-7-19(21-22-23-24-27(21)16-17-8-6-15-29-17)26-13-11-25(12-14-26)18-9-4-5-10-20(18)28-2/h4-5,9-10,17,19H,3,6-8,11-16H2,1-2H3. The normalized spacial score (nSPS) is 21.4. The van der Waals surface area contributed by atoms with Crippen molar-refractivity contribution < 1.29 is 9.47 Å². The Kier molecular flexibility index (Phi) is 6.61. The molecule has 2 atom stereocenters. The summed E-state index contributed by atoms with van der Waals surface area (Å²) < 4.78 is 13.3. The van der Waals surface area contributed by atoms with E-state index >= 15 is 0 Å². The smallest absolute Gasteiger partial charge is 0.168 e. The molecular formula is C21H32N6O2. The molecule has 2 aliphatic heterocycles. The first-order valence-corrected chi connectivity index (χ1v) is 10.8. The molecule has 2 fully saturated rings. The molecule has 0 spiro atoms. The van der Waals surface area contributed by atoms with Gasteiger partial charge in [0.05, 0.1) is 31.5 Å². The van der Waals surface area contributed by atoms with Crippen molar-refractivity contribution in [3.05, 3.63) is 30.1 Å². The predicted octanol–water partition coefficient (Wildman–Crippen LogP) is 2.52. The summed E-state index contributed by atoms with van der Waals surface area (Å²) in [7, 11) is 1.74. The maximum Gasteiger partial charge on any atom is 0.168 e. The molecule has 0 aliphatic carbocycles. The summed E-state index contributed by atoms with van der Waals surface area (Å²) in [6, 6.07) is 8.50. The molecule has 8 heteroatoms. The van der Waals surface area contributed by atoms with Crippen LogP contribution in [0.5, 0.6) is 5.75 Å². The van der Waals surface area contributed by atoms with Crippen molar-refractivity contribution in [1.29, 1.82) is 0 Å². The highest BCUT2D eigenvalue weighted by molar-refractivity contribution is 5.58. The molecule has 158 valence electrons. The summed E-state index contributed by atoms with van der Waals surface area (Å²) in [4.78, 5) is 4.95. The number of aromatic nitrogens is 4. The topological polar surface area (TPSA) is 68.5 Å². The molecule has 2 unspecified atom stereocenters. The quantitative estimate of drug-likeness (QED) is 0.674. The van der Waals surface area contributed by atoms with Crippen LogP contribution in [0, 0.1) is 0 Å². The van der Waals surface area contributed by atoms with Gasteiger partial charge < -0.3 is 14.4 Å². The molecule has 0 radical (unpaired) electrons. The summed E-state index contributed by atoms with van der Waals surface area (Å²) in [6.07, 6.45) is 4.62. The average molecular weight is 401 g/mol. The fraction of sp³-hybridized carbons (Fsp3) is 0.667. The highest BCUT2D eigenvalue weighted by Gasteiger charge is 2.30. The number of rotatable bonds is 8. The molecule has 4 rings (SSSR count). The van der Waals surface area contributed by atoms with Gasteiger partial charge in [-0.15, -0.1) is 5.10 Å². The lowest BCUT2D eigenvalue weighted by Crippen LogP contribution is -2.48. The van der Waals surface area contributed by atoms with Crippen molar-refractivity contribution in [3.8, 4) is 5.75 Å². The van der Waals surface area contributed by atoms with Crippen LogP contribution in [0.3, 0.4) is 0 Å². The molecule has 1 aromatic carbocycles. The second kappa shape index (κ2) is 9.54. The van der Waals surface area contributed by atoms with Gasteiger partial charge in [0, 0.05) is 32.8 Å². The Morgan fingerprint density at radius 1 is 1.21 bits per heavy atom. The van der Waals surface area contributed by atoms with E-state index in [1.165, 1.54) is 5.69 Å². The van der Waals surface area contributed by atoms with Gasteiger partial charge in [-0.2, -0.15) is 0 Å². The zero-order valence-electron chi connectivity index (χ0n) is 17.5. The molecule has 0 N–H and O–H groups in total. The summed E-state index contributed by atoms with van der Waals surface area (Å²) >= 11 is 0. The number of para-hydroxylation sites is 2. The van der Waals surface area contributed by atoms with Crippen LogP contribution in [0.4, 0.5) is 5.69 Å². The molecule has 2 aromatic rings. The molecule has 29 heavy (non-hydrogen) atoms.